The summed E-state index contributed by atoms with van der Waals surface area (Å²) in [5.41, 5.74) is 1.36. The molecule has 16 heavy (non-hydrogen) atoms. The van der Waals surface area contributed by atoms with Crippen molar-refractivity contribution >= 4 is 22.7 Å². The molecule has 2 aromatic rings. The molecule has 2 aromatic heterocycles. The molecule has 0 fully saturated rings. The van der Waals surface area contributed by atoms with Gasteiger partial charge in [0.05, 0.1) is 0 Å². The van der Waals surface area contributed by atoms with Crippen molar-refractivity contribution in [2.24, 2.45) is 0 Å². The lowest BCUT2D eigenvalue weighted by Crippen LogP contribution is -1.78. The van der Waals surface area contributed by atoms with E-state index in [1.807, 2.05) is 17.4 Å². The highest BCUT2D eigenvalue weighted by Crippen LogP contribution is 2.19. The van der Waals surface area contributed by atoms with Crippen molar-refractivity contribution in [3.63, 3.8) is 0 Å². The molecule has 0 nitrogen and oxygen atoms in total. The zero-order valence-corrected chi connectivity index (χ0v) is 10.9. The Kier molecular flexibility index (Phi) is 4.14. The van der Waals surface area contributed by atoms with Gasteiger partial charge in [0.15, 0.2) is 0 Å². The molecular weight excluding hydrogens is 232 g/mol. The first kappa shape index (κ1) is 11.4. The normalized spacial score (nSPS) is 9.81. The van der Waals surface area contributed by atoms with E-state index in [9.17, 15) is 0 Å². The van der Waals surface area contributed by atoms with E-state index in [2.05, 4.69) is 54.1 Å². The van der Waals surface area contributed by atoms with Gasteiger partial charge in [-0.15, -0.1) is 22.7 Å². The first-order valence-corrected chi connectivity index (χ1v) is 7.00. The van der Waals surface area contributed by atoms with E-state index in [4.69, 9.17) is 0 Å². The van der Waals surface area contributed by atoms with Gasteiger partial charge in [0.1, 0.15) is 0 Å². The molecule has 0 aliphatic rings. The van der Waals surface area contributed by atoms with Gasteiger partial charge in [0.25, 0.3) is 0 Å². The average molecular weight is 246 g/mol. The molecule has 0 unspecified atom stereocenters. The molecule has 0 amide bonds. The van der Waals surface area contributed by atoms with Crippen LogP contribution in [-0.2, 0) is 6.42 Å². The topological polar surface area (TPSA) is 0 Å². The molecule has 0 spiro atoms. The lowest BCUT2D eigenvalue weighted by atomic mass is 10.2. The van der Waals surface area contributed by atoms with E-state index in [0.29, 0.717) is 0 Å². The maximum absolute atomic E-state index is 2.27. The van der Waals surface area contributed by atoms with E-state index in [1.165, 1.54) is 15.3 Å². The van der Waals surface area contributed by atoms with E-state index in [0.717, 1.165) is 6.42 Å². The summed E-state index contributed by atoms with van der Waals surface area (Å²) in [6, 6.07) is 14.8. The van der Waals surface area contributed by atoms with E-state index < -0.39 is 0 Å². The zero-order chi connectivity index (χ0) is 11.2. The first-order chi connectivity index (χ1) is 7.84. The SMILES string of the molecule is Cc1csc(Cc2cccccccs2)c1. The van der Waals surface area contributed by atoms with Crippen LogP contribution in [0.2, 0.25) is 0 Å². The monoisotopic (exact) mass is 246 g/mol. The Bertz CT molecular complexity index is 469. The molecule has 0 N–H and O–H groups in total. The summed E-state index contributed by atoms with van der Waals surface area (Å²) in [4.78, 5) is 2.82. The number of thiophene rings is 1. The second-order valence-electron chi connectivity index (χ2n) is 3.62. The van der Waals surface area contributed by atoms with Crippen LogP contribution in [0.5, 0.6) is 0 Å². The summed E-state index contributed by atoms with van der Waals surface area (Å²) >= 11 is 3.64. The maximum Gasteiger partial charge on any atom is 0.0163 e. The number of rotatable bonds is 2. The van der Waals surface area contributed by atoms with E-state index >= 15 is 0 Å². The van der Waals surface area contributed by atoms with Gasteiger partial charge in [0, 0.05) is 16.2 Å². The van der Waals surface area contributed by atoms with E-state index in [1.54, 1.807) is 11.3 Å². The Morgan fingerprint density at radius 2 is 1.75 bits per heavy atom. The van der Waals surface area contributed by atoms with Gasteiger partial charge < -0.3 is 0 Å². The quantitative estimate of drug-likeness (QED) is 0.711. The van der Waals surface area contributed by atoms with Crippen LogP contribution in [0.25, 0.3) is 0 Å². The minimum atomic E-state index is 1.04. The van der Waals surface area contributed by atoms with Crippen molar-refractivity contribution in [2.45, 2.75) is 13.3 Å². The summed E-state index contributed by atoms with van der Waals surface area (Å²) in [6.45, 7) is 2.15. The molecular formula is C14H14S2. The average Bonchev–Trinajstić information content (AvgIpc) is 2.71. The Hall–Kier alpha value is -1.12. The first-order valence-electron chi connectivity index (χ1n) is 5.24. The van der Waals surface area contributed by atoms with Gasteiger partial charge in [-0.05, 0) is 35.4 Å². The van der Waals surface area contributed by atoms with Gasteiger partial charge in [-0.1, -0.05) is 30.3 Å². The predicted molar refractivity (Wildman–Crippen MR) is 73.8 cm³/mol. The third-order valence-corrected chi connectivity index (χ3v) is 4.09. The van der Waals surface area contributed by atoms with Crippen LogP contribution in [0.4, 0.5) is 0 Å². The Morgan fingerprint density at radius 3 is 2.56 bits per heavy atom. The van der Waals surface area contributed by atoms with E-state index in [-0.39, 0.29) is 0 Å². The smallest absolute Gasteiger partial charge is 0.0163 e. The van der Waals surface area contributed by atoms with Gasteiger partial charge in [-0.25, -0.2) is 0 Å². The molecule has 0 saturated heterocycles. The second kappa shape index (κ2) is 5.83. The molecule has 0 aliphatic heterocycles. The molecule has 0 saturated carbocycles. The van der Waals surface area contributed by atoms with Crippen molar-refractivity contribution in [1.29, 1.82) is 0 Å². The number of aryl methyl sites for hydroxylation is 1. The Balaban J connectivity index is 2.25. The predicted octanol–water partition coefficient (Wildman–Crippen LogP) is 4.83. The highest BCUT2D eigenvalue weighted by molar-refractivity contribution is 7.11. The van der Waals surface area contributed by atoms with Crippen LogP contribution in [0, 0.1) is 6.92 Å². The summed E-state index contributed by atoms with van der Waals surface area (Å²) in [5, 5.41) is 4.35. The molecule has 0 radical (unpaired) electrons. The molecule has 0 aromatic carbocycles. The van der Waals surface area contributed by atoms with Crippen molar-refractivity contribution in [1.82, 2.24) is 0 Å². The summed E-state index contributed by atoms with van der Waals surface area (Å²) in [6.07, 6.45) is 1.04. The van der Waals surface area contributed by atoms with Gasteiger partial charge in [0.2, 0.25) is 0 Å². The Morgan fingerprint density at radius 1 is 0.938 bits per heavy atom. The summed E-state index contributed by atoms with van der Waals surface area (Å²) in [5.74, 6) is 0. The fourth-order valence-corrected chi connectivity index (χ4v) is 3.15. The standard InChI is InChI=1S/C14H14S2/c1-12-9-14(16-11-12)10-13-7-5-3-2-4-6-8-15-13/h2-9,11H,10H2,1H3. The largest absolute Gasteiger partial charge is 0.149 e. The maximum atomic E-state index is 2.27. The fraction of sp³-hybridized carbons (Fsp3) is 0.143. The molecule has 0 bridgehead atoms. The van der Waals surface area contributed by atoms with Gasteiger partial charge in [-0.2, -0.15) is 0 Å². The third kappa shape index (κ3) is 3.47. The van der Waals surface area contributed by atoms with Crippen LogP contribution >= 0.6 is 22.7 Å². The molecule has 0 atom stereocenters. The van der Waals surface area contributed by atoms with Crippen LogP contribution in [0.1, 0.15) is 15.3 Å². The van der Waals surface area contributed by atoms with Crippen LogP contribution < -0.4 is 0 Å². The van der Waals surface area contributed by atoms with Crippen molar-refractivity contribution in [2.75, 3.05) is 0 Å². The van der Waals surface area contributed by atoms with Crippen LogP contribution in [0.15, 0.2) is 53.2 Å². The minimum absolute atomic E-state index is 1.04. The third-order valence-electron chi connectivity index (χ3n) is 2.16. The number of hydrogen-bond donors (Lipinski definition) is 0. The summed E-state index contributed by atoms with van der Waals surface area (Å²) < 4.78 is 0. The van der Waals surface area contributed by atoms with Crippen molar-refractivity contribution in [3.8, 4) is 0 Å². The number of hydrogen-bond acceptors (Lipinski definition) is 2. The van der Waals surface area contributed by atoms with Gasteiger partial charge >= 0.3 is 0 Å². The van der Waals surface area contributed by atoms with Crippen LogP contribution in [0.3, 0.4) is 0 Å². The molecule has 0 aliphatic carbocycles. The molecule has 2 heterocycles. The van der Waals surface area contributed by atoms with Crippen LogP contribution in [-0.4, -0.2) is 0 Å². The molecule has 2 heteroatoms. The Labute approximate surface area is 105 Å². The fourth-order valence-electron chi connectivity index (χ4n) is 1.42. The van der Waals surface area contributed by atoms with Gasteiger partial charge in [-0.3, -0.25) is 0 Å². The lowest BCUT2D eigenvalue weighted by molar-refractivity contribution is 1.29. The molecule has 82 valence electrons. The molecule has 2 rings (SSSR count). The van der Waals surface area contributed by atoms with Crippen molar-refractivity contribution < 1.29 is 0 Å². The summed E-state index contributed by atoms with van der Waals surface area (Å²) in [7, 11) is 0. The second-order valence-corrected chi connectivity index (χ2v) is 5.64. The lowest BCUT2D eigenvalue weighted by Gasteiger charge is -1.93. The highest BCUT2D eigenvalue weighted by Gasteiger charge is 1.97. The minimum Gasteiger partial charge on any atom is -0.149 e. The zero-order valence-electron chi connectivity index (χ0n) is 9.22. The van der Waals surface area contributed by atoms with Crippen molar-refractivity contribution in [3.05, 3.63) is 68.5 Å². The highest BCUT2D eigenvalue weighted by atomic mass is 32.1.